The number of nitrogens with one attached hydrogen (secondary N) is 1. The van der Waals surface area contributed by atoms with Gasteiger partial charge in [-0.1, -0.05) is 6.07 Å². The summed E-state index contributed by atoms with van der Waals surface area (Å²) in [7, 11) is 0. The van der Waals surface area contributed by atoms with Crippen LogP contribution in [0.3, 0.4) is 0 Å². The zero-order valence-electron chi connectivity index (χ0n) is 13.2. The Balaban J connectivity index is 1.77. The lowest BCUT2D eigenvalue weighted by atomic mass is 10.1. The predicted octanol–water partition coefficient (Wildman–Crippen LogP) is 1.87. The van der Waals surface area contributed by atoms with Crippen molar-refractivity contribution in [2.24, 2.45) is 0 Å². The minimum Gasteiger partial charge on any atom is -0.362 e. The van der Waals surface area contributed by atoms with E-state index in [1.54, 1.807) is 25.1 Å². The minimum absolute atomic E-state index is 0.0358. The molecule has 0 spiro atoms. The molecule has 1 saturated heterocycles. The van der Waals surface area contributed by atoms with Gasteiger partial charge in [0.05, 0.1) is 13.1 Å². The van der Waals surface area contributed by atoms with Gasteiger partial charge in [-0.15, -0.1) is 11.3 Å². The Morgan fingerprint density at radius 3 is 2.46 bits per heavy atom. The summed E-state index contributed by atoms with van der Waals surface area (Å²) < 4.78 is 0. The summed E-state index contributed by atoms with van der Waals surface area (Å²) in [5.41, 5.74) is 1.89. The molecule has 0 radical (unpaired) electrons. The number of Topliss-reactive ketones (excluding diaryl/α,β-unsaturated/α-hetero) is 1. The maximum atomic E-state index is 12.4. The lowest BCUT2D eigenvalue weighted by molar-refractivity contribution is -0.143. The van der Waals surface area contributed by atoms with Gasteiger partial charge in [0.2, 0.25) is 0 Å². The summed E-state index contributed by atoms with van der Waals surface area (Å²) in [6.45, 7) is 3.14. The maximum absolute atomic E-state index is 12.4. The summed E-state index contributed by atoms with van der Waals surface area (Å²) in [5.74, 6) is -2.25. The summed E-state index contributed by atoms with van der Waals surface area (Å²) in [5, 5.41) is 1.82. The van der Waals surface area contributed by atoms with Gasteiger partial charge in [0, 0.05) is 21.8 Å². The first-order chi connectivity index (χ1) is 11.4. The van der Waals surface area contributed by atoms with Crippen LogP contribution in [0.5, 0.6) is 0 Å². The second kappa shape index (κ2) is 6.04. The average Bonchev–Trinajstić information content (AvgIpc) is 3.21. The van der Waals surface area contributed by atoms with Crippen LogP contribution in [0.15, 0.2) is 23.6 Å². The molecule has 1 N–H and O–H groups in total. The van der Waals surface area contributed by atoms with Crippen LogP contribution >= 0.6 is 11.3 Å². The van der Waals surface area contributed by atoms with Crippen LogP contribution in [-0.2, 0) is 16.1 Å². The number of thiophene rings is 1. The van der Waals surface area contributed by atoms with E-state index in [2.05, 4.69) is 4.98 Å². The molecule has 1 aliphatic heterocycles. The van der Waals surface area contributed by atoms with Gasteiger partial charge in [-0.05, 0) is 31.4 Å². The molecule has 124 valence electrons. The monoisotopic (exact) mass is 345 g/mol. The van der Waals surface area contributed by atoms with E-state index in [0.717, 1.165) is 15.5 Å². The van der Waals surface area contributed by atoms with E-state index in [0.29, 0.717) is 16.2 Å². The summed E-state index contributed by atoms with van der Waals surface area (Å²) in [4.78, 5) is 54.2. The Kier molecular flexibility index (Phi) is 4.06. The number of carbonyl (C=O) groups excluding carboxylic acids is 4. The van der Waals surface area contributed by atoms with Gasteiger partial charge >= 0.3 is 17.8 Å². The highest BCUT2D eigenvalue weighted by molar-refractivity contribution is 7.09. The second-order valence-electron chi connectivity index (χ2n) is 5.56. The number of hydrogen-bond donors (Lipinski definition) is 1. The molecule has 0 unspecified atom stereocenters. The molecule has 0 atom stereocenters. The average molecular weight is 345 g/mol. The fourth-order valence-electron chi connectivity index (χ4n) is 2.63. The molecular formula is C16H15N3O4S. The summed E-state index contributed by atoms with van der Waals surface area (Å²) in [6.07, 6.45) is 0. The molecule has 0 bridgehead atoms. The van der Waals surface area contributed by atoms with Gasteiger partial charge in [0.15, 0.2) is 5.78 Å². The van der Waals surface area contributed by atoms with E-state index in [1.807, 2.05) is 12.3 Å². The fraction of sp³-hybridized carbons (Fsp3) is 0.250. The van der Waals surface area contributed by atoms with Crippen molar-refractivity contribution in [1.82, 2.24) is 14.8 Å². The zero-order valence-corrected chi connectivity index (χ0v) is 14.0. The Bertz CT molecular complexity index is 838. The third-order valence-electron chi connectivity index (χ3n) is 3.78. The molecule has 1 fully saturated rings. The van der Waals surface area contributed by atoms with Crippen molar-refractivity contribution in [3.8, 4) is 0 Å². The molecular weight excluding hydrogens is 330 g/mol. The van der Waals surface area contributed by atoms with Crippen LogP contribution < -0.4 is 0 Å². The molecule has 0 aromatic carbocycles. The molecule has 2 aromatic rings. The van der Waals surface area contributed by atoms with Crippen molar-refractivity contribution in [2.75, 3.05) is 6.54 Å². The van der Waals surface area contributed by atoms with Crippen molar-refractivity contribution in [1.29, 1.82) is 0 Å². The number of H-pyrrole nitrogens is 1. The van der Waals surface area contributed by atoms with Gasteiger partial charge in [-0.25, -0.2) is 9.69 Å². The highest BCUT2D eigenvalue weighted by Gasteiger charge is 2.45. The van der Waals surface area contributed by atoms with Crippen LogP contribution in [0.1, 0.15) is 26.6 Å². The fourth-order valence-corrected chi connectivity index (χ4v) is 3.32. The number of aromatic amines is 1. The number of ketones is 1. The minimum atomic E-state index is -0.963. The molecule has 3 heterocycles. The topological polar surface area (TPSA) is 90.6 Å². The van der Waals surface area contributed by atoms with E-state index >= 15 is 0 Å². The number of nitrogens with zero attached hydrogens (tertiary/aromatic N) is 2. The number of aromatic nitrogens is 1. The van der Waals surface area contributed by atoms with E-state index < -0.39 is 24.4 Å². The quantitative estimate of drug-likeness (QED) is 0.509. The molecule has 8 heteroatoms. The van der Waals surface area contributed by atoms with Gasteiger partial charge in [0.1, 0.15) is 0 Å². The van der Waals surface area contributed by atoms with E-state index in [9.17, 15) is 19.2 Å². The molecule has 0 aliphatic carbocycles. The first-order valence-corrected chi connectivity index (χ1v) is 8.15. The number of aryl methyl sites for hydroxylation is 2. The maximum Gasteiger partial charge on any atom is 0.335 e. The van der Waals surface area contributed by atoms with Crippen molar-refractivity contribution < 1.29 is 19.2 Å². The molecule has 24 heavy (non-hydrogen) atoms. The molecule has 7 nitrogen and oxygen atoms in total. The van der Waals surface area contributed by atoms with Crippen molar-refractivity contribution in [2.45, 2.75) is 20.4 Å². The molecule has 4 amide bonds. The smallest absolute Gasteiger partial charge is 0.335 e. The first-order valence-electron chi connectivity index (χ1n) is 7.27. The summed E-state index contributed by atoms with van der Waals surface area (Å²) >= 11 is 1.38. The van der Waals surface area contributed by atoms with Gasteiger partial charge in [-0.2, -0.15) is 0 Å². The Labute approximate surface area is 141 Å². The number of imide groups is 2. The van der Waals surface area contributed by atoms with Crippen molar-refractivity contribution in [3.63, 3.8) is 0 Å². The van der Waals surface area contributed by atoms with Gasteiger partial charge < -0.3 is 4.98 Å². The third-order valence-corrected chi connectivity index (χ3v) is 4.64. The Morgan fingerprint density at radius 2 is 1.88 bits per heavy atom. The third kappa shape index (κ3) is 2.76. The largest absolute Gasteiger partial charge is 0.362 e. The van der Waals surface area contributed by atoms with Crippen LogP contribution in [0, 0.1) is 13.8 Å². The highest BCUT2D eigenvalue weighted by atomic mass is 32.1. The molecule has 0 saturated carbocycles. The number of carbonyl (C=O) groups is 4. The van der Waals surface area contributed by atoms with Crippen molar-refractivity contribution in [3.05, 3.63) is 45.4 Å². The lowest BCUT2D eigenvalue weighted by Crippen LogP contribution is -2.36. The van der Waals surface area contributed by atoms with E-state index in [1.165, 1.54) is 11.3 Å². The number of rotatable bonds is 5. The van der Waals surface area contributed by atoms with Crippen LogP contribution in [-0.4, -0.2) is 45.0 Å². The van der Waals surface area contributed by atoms with Gasteiger partial charge in [-0.3, -0.25) is 19.3 Å². The van der Waals surface area contributed by atoms with Crippen LogP contribution in [0.25, 0.3) is 0 Å². The number of hydrogen-bond acceptors (Lipinski definition) is 5. The van der Waals surface area contributed by atoms with Crippen molar-refractivity contribution >= 4 is 35.0 Å². The van der Waals surface area contributed by atoms with E-state index in [-0.39, 0.29) is 12.3 Å². The Hall–Kier alpha value is -2.74. The number of amides is 4. The van der Waals surface area contributed by atoms with Crippen LogP contribution in [0.4, 0.5) is 4.79 Å². The molecule has 1 aliphatic rings. The lowest BCUT2D eigenvalue weighted by Gasteiger charge is -2.14. The normalized spacial score (nSPS) is 14.8. The predicted molar refractivity (Wildman–Crippen MR) is 86.6 cm³/mol. The van der Waals surface area contributed by atoms with E-state index in [4.69, 9.17) is 0 Å². The number of urea groups is 1. The van der Waals surface area contributed by atoms with Crippen LogP contribution in [0.2, 0.25) is 0 Å². The Morgan fingerprint density at radius 1 is 1.17 bits per heavy atom. The van der Waals surface area contributed by atoms with Gasteiger partial charge in [0.25, 0.3) is 0 Å². The first kappa shape index (κ1) is 16.1. The summed E-state index contributed by atoms with van der Waals surface area (Å²) in [6, 6.07) is 4.48. The SMILES string of the molecule is Cc1cc(C(=O)CN2C(=O)C(=O)N(Cc3cccs3)C2=O)c(C)[nH]1. The standard InChI is InChI=1S/C16H15N3O4S/c1-9-6-12(10(2)17-9)13(20)8-19-15(22)14(21)18(16(19)23)7-11-4-3-5-24-11/h3-6,17H,7-8H2,1-2H3. The second-order valence-corrected chi connectivity index (χ2v) is 6.59. The zero-order chi connectivity index (χ0) is 17.4. The molecule has 2 aromatic heterocycles. The molecule has 3 rings (SSSR count). The highest BCUT2D eigenvalue weighted by Crippen LogP contribution is 2.20.